The number of amides is 1. The number of hydrogen-bond acceptors (Lipinski definition) is 5. The number of benzene rings is 1. The SMILES string of the molecule is CC(C)CNC(=O)c1ccc(CSc2nc(N(C)C3CCCCC3)cc(C(C)(C)C)n2)cc1. The largest absolute Gasteiger partial charge is 0.357 e. The normalized spacial score (nSPS) is 15.0. The van der Waals surface area contributed by atoms with E-state index in [0.29, 0.717) is 24.1 Å². The van der Waals surface area contributed by atoms with E-state index in [-0.39, 0.29) is 11.3 Å². The van der Waals surface area contributed by atoms with Crippen molar-refractivity contribution in [2.75, 3.05) is 18.5 Å². The van der Waals surface area contributed by atoms with Crippen LogP contribution in [0.5, 0.6) is 0 Å². The van der Waals surface area contributed by atoms with Gasteiger partial charge >= 0.3 is 0 Å². The van der Waals surface area contributed by atoms with Gasteiger partial charge in [0.15, 0.2) is 5.16 Å². The van der Waals surface area contributed by atoms with Crippen LogP contribution >= 0.6 is 11.8 Å². The van der Waals surface area contributed by atoms with Crippen LogP contribution in [-0.2, 0) is 11.2 Å². The van der Waals surface area contributed by atoms with Gasteiger partial charge in [-0.25, -0.2) is 9.97 Å². The van der Waals surface area contributed by atoms with Crippen LogP contribution in [0.3, 0.4) is 0 Å². The monoisotopic (exact) mass is 468 g/mol. The van der Waals surface area contributed by atoms with E-state index >= 15 is 0 Å². The zero-order valence-corrected chi connectivity index (χ0v) is 22.0. The van der Waals surface area contributed by atoms with E-state index in [1.54, 1.807) is 11.8 Å². The summed E-state index contributed by atoms with van der Waals surface area (Å²) in [7, 11) is 2.18. The van der Waals surface area contributed by atoms with Gasteiger partial charge in [0.1, 0.15) is 5.82 Å². The summed E-state index contributed by atoms with van der Waals surface area (Å²) in [5, 5.41) is 3.79. The molecule has 0 saturated heterocycles. The molecule has 1 heterocycles. The minimum atomic E-state index is -0.0363. The molecule has 1 aliphatic carbocycles. The van der Waals surface area contributed by atoms with Crippen LogP contribution in [0.2, 0.25) is 0 Å². The van der Waals surface area contributed by atoms with E-state index in [2.05, 4.69) is 57.9 Å². The fourth-order valence-electron chi connectivity index (χ4n) is 4.00. The van der Waals surface area contributed by atoms with E-state index in [1.165, 1.54) is 32.1 Å². The van der Waals surface area contributed by atoms with Gasteiger partial charge in [-0.2, -0.15) is 0 Å². The van der Waals surface area contributed by atoms with Crippen LogP contribution in [0.25, 0.3) is 0 Å². The average molecular weight is 469 g/mol. The first kappa shape index (κ1) is 25.5. The predicted molar refractivity (Wildman–Crippen MR) is 139 cm³/mol. The molecule has 1 aliphatic rings. The molecule has 1 N–H and O–H groups in total. The lowest BCUT2D eigenvalue weighted by molar-refractivity contribution is 0.0949. The van der Waals surface area contributed by atoms with Crippen LogP contribution in [-0.4, -0.2) is 35.5 Å². The summed E-state index contributed by atoms with van der Waals surface area (Å²) in [6.07, 6.45) is 6.44. The van der Waals surface area contributed by atoms with Crippen LogP contribution in [0.1, 0.15) is 88.3 Å². The smallest absolute Gasteiger partial charge is 0.251 e. The van der Waals surface area contributed by atoms with Crippen molar-refractivity contribution in [3.63, 3.8) is 0 Å². The highest BCUT2D eigenvalue weighted by Gasteiger charge is 2.23. The Morgan fingerprint density at radius 1 is 1.12 bits per heavy atom. The molecule has 2 aromatic rings. The van der Waals surface area contributed by atoms with E-state index < -0.39 is 0 Å². The second-order valence-electron chi connectivity index (χ2n) is 10.6. The molecule has 5 nitrogen and oxygen atoms in total. The molecule has 1 saturated carbocycles. The van der Waals surface area contributed by atoms with Crippen molar-refractivity contribution in [1.82, 2.24) is 15.3 Å². The summed E-state index contributed by atoms with van der Waals surface area (Å²) in [6, 6.07) is 10.6. The van der Waals surface area contributed by atoms with Crippen LogP contribution in [0, 0.1) is 5.92 Å². The third-order valence-corrected chi connectivity index (χ3v) is 7.12. The Balaban J connectivity index is 1.71. The van der Waals surface area contributed by atoms with Gasteiger partial charge in [-0.05, 0) is 36.5 Å². The molecule has 1 fully saturated rings. The van der Waals surface area contributed by atoms with Crippen molar-refractivity contribution < 1.29 is 4.79 Å². The number of thioether (sulfide) groups is 1. The topological polar surface area (TPSA) is 58.1 Å². The number of rotatable bonds is 8. The third kappa shape index (κ3) is 7.46. The lowest BCUT2D eigenvalue weighted by atomic mass is 9.91. The van der Waals surface area contributed by atoms with E-state index in [9.17, 15) is 4.79 Å². The van der Waals surface area contributed by atoms with Gasteiger partial charge in [0.05, 0.1) is 5.69 Å². The van der Waals surface area contributed by atoms with E-state index in [4.69, 9.17) is 9.97 Å². The molecule has 0 radical (unpaired) electrons. The second kappa shape index (κ2) is 11.4. The lowest BCUT2D eigenvalue weighted by Crippen LogP contribution is -2.34. The fourth-order valence-corrected chi connectivity index (χ4v) is 4.81. The van der Waals surface area contributed by atoms with Crippen LogP contribution in [0.4, 0.5) is 5.82 Å². The Morgan fingerprint density at radius 3 is 2.39 bits per heavy atom. The molecule has 0 unspecified atom stereocenters. The quantitative estimate of drug-likeness (QED) is 0.368. The summed E-state index contributed by atoms with van der Waals surface area (Å²) in [4.78, 5) is 24.5. The summed E-state index contributed by atoms with van der Waals surface area (Å²) in [6.45, 7) is 11.5. The average Bonchev–Trinajstić information content (AvgIpc) is 2.81. The molecule has 33 heavy (non-hydrogen) atoms. The first-order valence-corrected chi connectivity index (χ1v) is 13.2. The molecule has 1 amide bonds. The van der Waals surface area contributed by atoms with Crippen molar-refractivity contribution in [3.05, 3.63) is 47.2 Å². The molecular weight excluding hydrogens is 428 g/mol. The number of nitrogens with zero attached hydrogens (tertiary/aromatic N) is 3. The second-order valence-corrected chi connectivity index (χ2v) is 11.6. The zero-order chi connectivity index (χ0) is 24.0. The summed E-state index contributed by atoms with van der Waals surface area (Å²) < 4.78 is 0. The Morgan fingerprint density at radius 2 is 1.79 bits per heavy atom. The molecule has 0 spiro atoms. The van der Waals surface area contributed by atoms with Gasteiger partial charge in [-0.3, -0.25) is 4.79 Å². The first-order chi connectivity index (χ1) is 15.6. The third-order valence-electron chi connectivity index (χ3n) is 6.20. The van der Waals surface area contributed by atoms with Crippen molar-refractivity contribution >= 4 is 23.5 Å². The molecular formula is C27H40N4OS. The van der Waals surface area contributed by atoms with E-state index in [0.717, 1.165) is 28.0 Å². The number of aromatic nitrogens is 2. The van der Waals surface area contributed by atoms with Gasteiger partial charge in [0, 0.05) is 42.4 Å². The highest BCUT2D eigenvalue weighted by Crippen LogP contribution is 2.31. The molecule has 3 rings (SSSR count). The van der Waals surface area contributed by atoms with Gasteiger partial charge in [0.25, 0.3) is 5.91 Å². The van der Waals surface area contributed by atoms with Crippen molar-refractivity contribution in [1.29, 1.82) is 0 Å². The maximum atomic E-state index is 12.3. The number of carbonyl (C=O) groups is 1. The summed E-state index contributed by atoms with van der Waals surface area (Å²) in [5.74, 6) is 2.23. The maximum absolute atomic E-state index is 12.3. The maximum Gasteiger partial charge on any atom is 0.251 e. The van der Waals surface area contributed by atoms with Crippen LogP contribution in [0.15, 0.2) is 35.5 Å². The van der Waals surface area contributed by atoms with Crippen molar-refractivity contribution in [2.24, 2.45) is 5.92 Å². The van der Waals surface area contributed by atoms with E-state index in [1.807, 2.05) is 24.3 Å². The molecule has 0 bridgehead atoms. The predicted octanol–water partition coefficient (Wildman–Crippen LogP) is 6.22. The number of anilines is 1. The fraction of sp³-hybridized carbons (Fsp3) is 0.593. The highest BCUT2D eigenvalue weighted by atomic mass is 32.2. The van der Waals surface area contributed by atoms with Gasteiger partial charge in [-0.1, -0.05) is 77.8 Å². The van der Waals surface area contributed by atoms with Crippen molar-refractivity contribution in [2.45, 2.75) is 89.1 Å². The molecule has 1 aromatic carbocycles. The summed E-state index contributed by atoms with van der Waals surface area (Å²) in [5.41, 5.74) is 2.90. The number of hydrogen-bond donors (Lipinski definition) is 1. The van der Waals surface area contributed by atoms with Crippen LogP contribution < -0.4 is 10.2 Å². The molecule has 6 heteroatoms. The Bertz CT molecular complexity index is 915. The number of carbonyl (C=O) groups excluding carboxylic acids is 1. The molecule has 0 atom stereocenters. The first-order valence-electron chi connectivity index (χ1n) is 12.3. The highest BCUT2D eigenvalue weighted by molar-refractivity contribution is 7.98. The zero-order valence-electron chi connectivity index (χ0n) is 21.1. The van der Waals surface area contributed by atoms with Crippen molar-refractivity contribution in [3.8, 4) is 0 Å². The standard InChI is InChI=1S/C27H40N4OS/c1-19(2)17-28-25(32)21-14-12-20(13-15-21)18-33-26-29-23(27(3,4)5)16-24(30-26)31(6)22-10-8-7-9-11-22/h12-16,19,22H,7-11,17-18H2,1-6H3,(H,28,32). The number of nitrogens with one attached hydrogen (secondary N) is 1. The molecule has 1 aromatic heterocycles. The van der Waals surface area contributed by atoms with Gasteiger partial charge < -0.3 is 10.2 Å². The van der Waals surface area contributed by atoms with Gasteiger partial charge in [0.2, 0.25) is 0 Å². The summed E-state index contributed by atoms with van der Waals surface area (Å²) >= 11 is 1.66. The Hall–Kier alpha value is -2.08. The minimum absolute atomic E-state index is 0.0143. The van der Waals surface area contributed by atoms with Gasteiger partial charge in [-0.15, -0.1) is 0 Å². The minimum Gasteiger partial charge on any atom is -0.357 e. The molecule has 180 valence electrons. The molecule has 0 aliphatic heterocycles. The Labute approximate surface area is 204 Å². The lowest BCUT2D eigenvalue weighted by Gasteiger charge is -2.33. The Kier molecular flexibility index (Phi) is 8.80.